The van der Waals surface area contributed by atoms with Crippen molar-refractivity contribution in [2.24, 2.45) is 0 Å². The third kappa shape index (κ3) is 3.18. The monoisotopic (exact) mass is 364 g/mol. The number of H-pyrrole nitrogens is 1. The van der Waals surface area contributed by atoms with E-state index >= 15 is 0 Å². The van der Waals surface area contributed by atoms with Crippen LogP contribution in [0.5, 0.6) is 0 Å². The van der Waals surface area contributed by atoms with Crippen molar-refractivity contribution >= 4 is 11.8 Å². The average Bonchev–Trinajstić information content (AvgIpc) is 3.27. The normalized spacial score (nSPS) is 11.0. The summed E-state index contributed by atoms with van der Waals surface area (Å²) in [4.78, 5) is 12.3. The molecule has 0 saturated carbocycles. The van der Waals surface area contributed by atoms with Gasteiger partial charge in [-0.3, -0.25) is 9.89 Å². The summed E-state index contributed by atoms with van der Waals surface area (Å²) in [7, 11) is 0. The Hall–Kier alpha value is -3.13. The predicted octanol–water partition coefficient (Wildman–Crippen LogP) is 2.74. The van der Waals surface area contributed by atoms with Gasteiger partial charge in [-0.15, -0.1) is 5.10 Å². The molecular weight excluding hydrogens is 348 g/mol. The lowest BCUT2D eigenvalue weighted by atomic mass is 10.2. The highest BCUT2D eigenvalue weighted by atomic mass is 32.2. The van der Waals surface area contributed by atoms with Gasteiger partial charge in [0.25, 0.3) is 5.56 Å². The SMILES string of the molecule is Cc1ccccc1-n1[nH]c(CSc2nnnn2-c2ccccc2)cc1=O. The molecule has 130 valence electrons. The fourth-order valence-electron chi connectivity index (χ4n) is 2.65. The molecule has 0 fully saturated rings. The lowest BCUT2D eigenvalue weighted by Gasteiger charge is -2.06. The number of hydrogen-bond donors (Lipinski definition) is 1. The van der Waals surface area contributed by atoms with E-state index in [1.165, 1.54) is 11.8 Å². The summed E-state index contributed by atoms with van der Waals surface area (Å²) in [5.41, 5.74) is 3.50. The lowest BCUT2D eigenvalue weighted by molar-refractivity contribution is 0.756. The fraction of sp³-hybridized carbons (Fsp3) is 0.111. The van der Waals surface area contributed by atoms with Crippen LogP contribution in [-0.4, -0.2) is 30.0 Å². The molecule has 0 aliphatic rings. The molecule has 7 nitrogen and oxygen atoms in total. The fourth-order valence-corrected chi connectivity index (χ4v) is 3.45. The van der Waals surface area contributed by atoms with E-state index in [2.05, 4.69) is 20.6 Å². The molecule has 0 radical (unpaired) electrons. The van der Waals surface area contributed by atoms with Gasteiger partial charge < -0.3 is 0 Å². The molecule has 2 heterocycles. The zero-order valence-corrected chi connectivity index (χ0v) is 14.8. The Morgan fingerprint density at radius 1 is 1.08 bits per heavy atom. The van der Waals surface area contributed by atoms with Gasteiger partial charge in [0.1, 0.15) is 0 Å². The van der Waals surface area contributed by atoms with Gasteiger partial charge in [-0.25, -0.2) is 4.68 Å². The second-order valence-electron chi connectivity index (χ2n) is 5.74. The van der Waals surface area contributed by atoms with Crippen molar-refractivity contribution in [2.45, 2.75) is 17.8 Å². The summed E-state index contributed by atoms with van der Waals surface area (Å²) >= 11 is 1.47. The molecule has 0 aliphatic heterocycles. The van der Waals surface area contributed by atoms with Gasteiger partial charge in [-0.2, -0.15) is 4.68 Å². The maximum atomic E-state index is 12.3. The summed E-state index contributed by atoms with van der Waals surface area (Å²) in [6, 6.07) is 19.1. The number of para-hydroxylation sites is 2. The Kier molecular flexibility index (Phi) is 4.40. The molecule has 2 aromatic carbocycles. The van der Waals surface area contributed by atoms with Crippen molar-refractivity contribution in [3.8, 4) is 11.4 Å². The average molecular weight is 364 g/mol. The zero-order valence-electron chi connectivity index (χ0n) is 14.0. The van der Waals surface area contributed by atoms with Crippen LogP contribution in [0.15, 0.2) is 70.6 Å². The van der Waals surface area contributed by atoms with Crippen molar-refractivity contribution in [3.05, 3.63) is 82.3 Å². The van der Waals surface area contributed by atoms with Gasteiger partial charge in [-0.1, -0.05) is 48.2 Å². The van der Waals surface area contributed by atoms with Crippen LogP contribution in [0.2, 0.25) is 0 Å². The topological polar surface area (TPSA) is 81.4 Å². The van der Waals surface area contributed by atoms with E-state index in [4.69, 9.17) is 0 Å². The first-order valence-corrected chi connectivity index (χ1v) is 9.04. The molecular formula is C18H16N6OS. The third-order valence-electron chi connectivity index (χ3n) is 3.93. The van der Waals surface area contributed by atoms with Crippen molar-refractivity contribution in [2.75, 3.05) is 0 Å². The van der Waals surface area contributed by atoms with Crippen LogP contribution < -0.4 is 5.56 Å². The number of aromatic nitrogens is 6. The minimum absolute atomic E-state index is 0.0856. The molecule has 1 N–H and O–H groups in total. The first-order chi connectivity index (χ1) is 12.7. The number of aromatic amines is 1. The van der Waals surface area contributed by atoms with Crippen LogP contribution in [0.1, 0.15) is 11.3 Å². The molecule has 0 atom stereocenters. The van der Waals surface area contributed by atoms with E-state index in [1.54, 1.807) is 15.4 Å². The number of hydrogen-bond acceptors (Lipinski definition) is 5. The highest BCUT2D eigenvalue weighted by Gasteiger charge is 2.11. The standard InChI is InChI=1S/C18H16N6OS/c1-13-7-5-6-10-16(13)24-17(25)11-14(20-24)12-26-18-19-21-22-23(18)15-8-3-2-4-9-15/h2-11,20H,12H2,1H3. The number of aryl methyl sites for hydroxylation is 1. The third-order valence-corrected chi connectivity index (χ3v) is 4.90. The Morgan fingerprint density at radius 3 is 2.65 bits per heavy atom. The molecule has 0 bridgehead atoms. The zero-order chi connectivity index (χ0) is 17.9. The number of nitrogens with one attached hydrogen (secondary N) is 1. The number of rotatable bonds is 5. The van der Waals surface area contributed by atoms with Gasteiger partial charge >= 0.3 is 0 Å². The minimum atomic E-state index is -0.0856. The maximum absolute atomic E-state index is 12.3. The molecule has 0 unspecified atom stereocenters. The van der Waals surface area contributed by atoms with Gasteiger partial charge in [0.2, 0.25) is 5.16 Å². The van der Waals surface area contributed by atoms with Crippen LogP contribution in [-0.2, 0) is 5.75 Å². The second kappa shape index (κ2) is 7.01. The molecule has 4 aromatic rings. The van der Waals surface area contributed by atoms with Gasteiger partial charge in [0, 0.05) is 17.5 Å². The highest BCUT2D eigenvalue weighted by molar-refractivity contribution is 7.98. The Morgan fingerprint density at radius 2 is 1.85 bits per heavy atom. The van der Waals surface area contributed by atoms with E-state index in [0.29, 0.717) is 10.9 Å². The highest BCUT2D eigenvalue weighted by Crippen LogP contribution is 2.21. The second-order valence-corrected chi connectivity index (χ2v) is 6.68. The van der Waals surface area contributed by atoms with E-state index < -0.39 is 0 Å². The number of tetrazole rings is 1. The molecule has 26 heavy (non-hydrogen) atoms. The van der Waals surface area contributed by atoms with Crippen molar-refractivity contribution in [3.63, 3.8) is 0 Å². The molecule has 2 aromatic heterocycles. The van der Waals surface area contributed by atoms with E-state index in [9.17, 15) is 4.79 Å². The summed E-state index contributed by atoms with van der Waals surface area (Å²) in [6.45, 7) is 1.98. The van der Waals surface area contributed by atoms with Crippen molar-refractivity contribution < 1.29 is 0 Å². The predicted molar refractivity (Wildman–Crippen MR) is 99.8 cm³/mol. The quantitative estimate of drug-likeness (QED) is 0.551. The molecule has 0 aliphatic carbocycles. The first-order valence-electron chi connectivity index (χ1n) is 8.06. The number of benzene rings is 2. The minimum Gasteiger partial charge on any atom is -0.294 e. The van der Waals surface area contributed by atoms with Gasteiger partial charge in [0.15, 0.2) is 0 Å². The van der Waals surface area contributed by atoms with Gasteiger partial charge in [-0.05, 0) is 41.1 Å². The van der Waals surface area contributed by atoms with E-state index in [-0.39, 0.29) is 5.56 Å². The first kappa shape index (κ1) is 16.3. The van der Waals surface area contributed by atoms with Crippen LogP contribution >= 0.6 is 11.8 Å². The van der Waals surface area contributed by atoms with Gasteiger partial charge in [0.05, 0.1) is 11.4 Å². The summed E-state index contributed by atoms with van der Waals surface area (Å²) in [5, 5.41) is 15.7. The Labute approximate surface area is 153 Å². The Balaban J connectivity index is 1.56. The Bertz CT molecular complexity index is 1080. The van der Waals surface area contributed by atoms with Crippen LogP contribution in [0, 0.1) is 6.92 Å². The molecule has 0 amide bonds. The molecule has 0 spiro atoms. The molecule has 4 rings (SSSR count). The number of nitrogens with zero attached hydrogens (tertiary/aromatic N) is 5. The smallest absolute Gasteiger partial charge is 0.271 e. The van der Waals surface area contributed by atoms with E-state index in [0.717, 1.165) is 22.6 Å². The summed E-state index contributed by atoms with van der Waals surface area (Å²) < 4.78 is 3.24. The van der Waals surface area contributed by atoms with Crippen LogP contribution in [0.3, 0.4) is 0 Å². The lowest BCUT2D eigenvalue weighted by Crippen LogP contribution is -2.14. The summed E-state index contributed by atoms with van der Waals surface area (Å²) in [5.74, 6) is 0.557. The molecule has 8 heteroatoms. The van der Waals surface area contributed by atoms with Crippen LogP contribution in [0.4, 0.5) is 0 Å². The summed E-state index contributed by atoms with van der Waals surface area (Å²) in [6.07, 6.45) is 0. The molecule has 0 saturated heterocycles. The van der Waals surface area contributed by atoms with Crippen molar-refractivity contribution in [1.29, 1.82) is 0 Å². The maximum Gasteiger partial charge on any atom is 0.271 e. The van der Waals surface area contributed by atoms with E-state index in [1.807, 2.05) is 61.5 Å². The van der Waals surface area contributed by atoms with Crippen molar-refractivity contribution in [1.82, 2.24) is 30.0 Å². The number of thioether (sulfide) groups is 1. The largest absolute Gasteiger partial charge is 0.294 e. The van der Waals surface area contributed by atoms with Crippen LogP contribution in [0.25, 0.3) is 11.4 Å².